The van der Waals surface area contributed by atoms with Gasteiger partial charge in [-0.3, -0.25) is 9.52 Å². The second-order valence-electron chi connectivity index (χ2n) is 6.55. The van der Waals surface area contributed by atoms with Gasteiger partial charge in [0.15, 0.2) is 0 Å². The molecule has 2 aromatic rings. The van der Waals surface area contributed by atoms with Crippen molar-refractivity contribution in [3.63, 3.8) is 0 Å². The van der Waals surface area contributed by atoms with E-state index in [1.54, 1.807) is 42.5 Å². The molecule has 0 aromatic heterocycles. The average molecular weight is 373 g/mol. The van der Waals surface area contributed by atoms with Gasteiger partial charge in [-0.15, -0.1) is 0 Å². The Labute approximate surface area is 154 Å². The number of carbonyl (C=O) groups is 1. The van der Waals surface area contributed by atoms with Crippen LogP contribution in [0.2, 0.25) is 0 Å². The number of piperidine rings is 1. The zero-order chi connectivity index (χ0) is 18.6. The number of rotatable bonds is 5. The summed E-state index contributed by atoms with van der Waals surface area (Å²) in [7, 11) is -3.68. The number of anilines is 1. The Balaban J connectivity index is 1.73. The topological polar surface area (TPSA) is 87.3 Å². The zero-order valence-electron chi connectivity index (χ0n) is 14.6. The molecule has 138 valence electrons. The van der Waals surface area contributed by atoms with E-state index in [-0.39, 0.29) is 16.8 Å². The lowest BCUT2D eigenvalue weighted by molar-refractivity contribution is 0.0914. The molecule has 6 nitrogen and oxygen atoms in total. The lowest BCUT2D eigenvalue weighted by Crippen LogP contribution is -2.48. The molecule has 1 saturated heterocycles. The van der Waals surface area contributed by atoms with Crippen molar-refractivity contribution in [1.29, 1.82) is 0 Å². The van der Waals surface area contributed by atoms with Gasteiger partial charge in [0.1, 0.15) is 0 Å². The third-order valence-corrected chi connectivity index (χ3v) is 5.93. The molecule has 2 aromatic carbocycles. The lowest BCUT2D eigenvalue weighted by Gasteiger charge is -2.30. The van der Waals surface area contributed by atoms with Gasteiger partial charge in [-0.05, 0) is 55.8 Å². The number of hydrogen-bond donors (Lipinski definition) is 3. The van der Waals surface area contributed by atoms with Gasteiger partial charge in [0.25, 0.3) is 15.9 Å². The fourth-order valence-corrected chi connectivity index (χ4v) is 4.09. The summed E-state index contributed by atoms with van der Waals surface area (Å²) in [6.07, 6.45) is 0.882. The standard InChI is InChI=1S/C19H23N3O3S/c1-14-13-20-11-10-18(14)21-19(23)15-6-5-7-16(12-15)22-26(24,25)17-8-3-2-4-9-17/h2-9,12,14,18,20,22H,10-11,13H2,1H3,(H,21,23). The number of hydrogen-bond acceptors (Lipinski definition) is 4. The van der Waals surface area contributed by atoms with Crippen molar-refractivity contribution in [2.75, 3.05) is 17.8 Å². The maximum Gasteiger partial charge on any atom is 0.261 e. The van der Waals surface area contributed by atoms with Gasteiger partial charge in [0.05, 0.1) is 4.90 Å². The number of benzene rings is 2. The van der Waals surface area contributed by atoms with Crippen LogP contribution in [0.1, 0.15) is 23.7 Å². The largest absolute Gasteiger partial charge is 0.349 e. The molecular formula is C19H23N3O3S. The minimum absolute atomic E-state index is 0.119. The average Bonchev–Trinajstić information content (AvgIpc) is 2.64. The van der Waals surface area contributed by atoms with Gasteiger partial charge >= 0.3 is 0 Å². The predicted molar refractivity (Wildman–Crippen MR) is 102 cm³/mol. The fraction of sp³-hybridized carbons (Fsp3) is 0.316. The van der Waals surface area contributed by atoms with Gasteiger partial charge in [0, 0.05) is 17.3 Å². The lowest BCUT2D eigenvalue weighted by atomic mass is 9.95. The summed E-state index contributed by atoms with van der Waals surface area (Å²) >= 11 is 0. The SMILES string of the molecule is CC1CNCCC1NC(=O)c1cccc(NS(=O)(=O)c2ccccc2)c1. The highest BCUT2D eigenvalue weighted by atomic mass is 32.2. The maximum atomic E-state index is 12.5. The summed E-state index contributed by atoms with van der Waals surface area (Å²) in [6.45, 7) is 3.86. The Morgan fingerprint density at radius 2 is 1.88 bits per heavy atom. The van der Waals surface area contributed by atoms with Crippen molar-refractivity contribution < 1.29 is 13.2 Å². The highest BCUT2D eigenvalue weighted by molar-refractivity contribution is 7.92. The second kappa shape index (κ2) is 7.88. The van der Waals surface area contributed by atoms with Crippen molar-refractivity contribution in [3.8, 4) is 0 Å². The first-order valence-corrected chi connectivity index (χ1v) is 10.1. The molecule has 3 rings (SSSR count). The molecule has 0 radical (unpaired) electrons. The van der Waals surface area contributed by atoms with Gasteiger partial charge in [0.2, 0.25) is 0 Å². The summed E-state index contributed by atoms with van der Waals surface area (Å²) in [4.78, 5) is 12.7. The molecule has 0 spiro atoms. The van der Waals surface area contributed by atoms with E-state index in [9.17, 15) is 13.2 Å². The van der Waals surface area contributed by atoms with E-state index in [1.165, 1.54) is 12.1 Å². The Hall–Kier alpha value is -2.38. The molecule has 1 fully saturated rings. The molecule has 7 heteroatoms. The van der Waals surface area contributed by atoms with Crippen LogP contribution >= 0.6 is 0 Å². The van der Waals surface area contributed by atoms with E-state index in [1.807, 2.05) is 0 Å². The second-order valence-corrected chi connectivity index (χ2v) is 8.23. The quantitative estimate of drug-likeness (QED) is 0.750. The van der Waals surface area contributed by atoms with Crippen molar-refractivity contribution in [2.45, 2.75) is 24.3 Å². The highest BCUT2D eigenvalue weighted by Gasteiger charge is 2.23. The van der Waals surface area contributed by atoms with E-state index in [0.717, 1.165) is 19.5 Å². The summed E-state index contributed by atoms with van der Waals surface area (Å²) in [5, 5.41) is 6.35. The van der Waals surface area contributed by atoms with Crippen LogP contribution in [-0.2, 0) is 10.0 Å². The van der Waals surface area contributed by atoms with E-state index in [0.29, 0.717) is 17.2 Å². The zero-order valence-corrected chi connectivity index (χ0v) is 15.4. The van der Waals surface area contributed by atoms with E-state index in [2.05, 4.69) is 22.3 Å². The van der Waals surface area contributed by atoms with Crippen LogP contribution in [0.4, 0.5) is 5.69 Å². The molecule has 2 unspecified atom stereocenters. The Morgan fingerprint density at radius 3 is 2.62 bits per heavy atom. The van der Waals surface area contributed by atoms with Crippen molar-refractivity contribution in [1.82, 2.24) is 10.6 Å². The van der Waals surface area contributed by atoms with Gasteiger partial charge in [-0.2, -0.15) is 0 Å². The molecule has 1 aliphatic heterocycles. The molecule has 0 saturated carbocycles. The van der Waals surface area contributed by atoms with Crippen LogP contribution < -0.4 is 15.4 Å². The summed E-state index contributed by atoms with van der Waals surface area (Å²) in [5.41, 5.74) is 0.795. The number of carbonyl (C=O) groups excluding carboxylic acids is 1. The third-order valence-electron chi connectivity index (χ3n) is 4.53. The molecular weight excluding hydrogens is 350 g/mol. The molecule has 0 aliphatic carbocycles. The fourth-order valence-electron chi connectivity index (χ4n) is 3.02. The number of sulfonamides is 1. The monoisotopic (exact) mass is 373 g/mol. The first-order chi connectivity index (χ1) is 12.5. The Morgan fingerprint density at radius 1 is 1.12 bits per heavy atom. The smallest absolute Gasteiger partial charge is 0.261 e. The molecule has 2 atom stereocenters. The number of nitrogens with one attached hydrogen (secondary N) is 3. The first-order valence-electron chi connectivity index (χ1n) is 8.65. The van der Waals surface area contributed by atoms with Gasteiger partial charge in [-0.25, -0.2) is 8.42 Å². The summed E-state index contributed by atoms with van der Waals surface area (Å²) in [6, 6.07) is 14.8. The van der Waals surface area contributed by atoms with Crippen LogP contribution in [0.3, 0.4) is 0 Å². The summed E-state index contributed by atoms with van der Waals surface area (Å²) in [5.74, 6) is 0.164. The Bertz CT molecular complexity index is 869. The molecule has 1 aliphatic rings. The van der Waals surface area contributed by atoms with Crippen LogP contribution in [0.5, 0.6) is 0 Å². The molecule has 0 bridgehead atoms. The van der Waals surface area contributed by atoms with Crippen molar-refractivity contribution in [2.24, 2.45) is 5.92 Å². The highest BCUT2D eigenvalue weighted by Crippen LogP contribution is 2.18. The van der Waals surface area contributed by atoms with Crippen LogP contribution in [0.15, 0.2) is 59.5 Å². The minimum Gasteiger partial charge on any atom is -0.349 e. The minimum atomic E-state index is -3.68. The number of amides is 1. The molecule has 26 heavy (non-hydrogen) atoms. The van der Waals surface area contributed by atoms with E-state index in [4.69, 9.17) is 0 Å². The Kier molecular flexibility index (Phi) is 5.58. The summed E-state index contributed by atoms with van der Waals surface area (Å²) < 4.78 is 27.4. The normalized spacial score (nSPS) is 20.3. The first kappa shape index (κ1) is 18.4. The van der Waals surface area contributed by atoms with Crippen LogP contribution in [-0.4, -0.2) is 33.5 Å². The van der Waals surface area contributed by atoms with Gasteiger partial charge < -0.3 is 10.6 Å². The van der Waals surface area contributed by atoms with E-state index >= 15 is 0 Å². The van der Waals surface area contributed by atoms with Crippen LogP contribution in [0.25, 0.3) is 0 Å². The maximum absolute atomic E-state index is 12.5. The third kappa shape index (κ3) is 4.42. The van der Waals surface area contributed by atoms with Crippen LogP contribution in [0, 0.1) is 5.92 Å². The van der Waals surface area contributed by atoms with E-state index < -0.39 is 10.0 Å². The van der Waals surface area contributed by atoms with Gasteiger partial charge in [-0.1, -0.05) is 31.2 Å². The van der Waals surface area contributed by atoms with Crippen molar-refractivity contribution in [3.05, 3.63) is 60.2 Å². The molecule has 1 heterocycles. The predicted octanol–water partition coefficient (Wildman–Crippen LogP) is 2.22. The molecule has 1 amide bonds. The van der Waals surface area contributed by atoms with Crippen molar-refractivity contribution >= 4 is 21.6 Å². The molecule has 3 N–H and O–H groups in total.